The largest absolute Gasteiger partial charge is 0.462 e. The summed E-state index contributed by atoms with van der Waals surface area (Å²) in [6, 6.07) is 56.3. The quantitative estimate of drug-likeness (QED) is 0.0997. The number of esters is 1. The van der Waals surface area contributed by atoms with Gasteiger partial charge in [0.1, 0.15) is 5.54 Å². The van der Waals surface area contributed by atoms with Crippen LogP contribution in [-0.4, -0.2) is 37.4 Å². The highest BCUT2D eigenvalue weighted by Gasteiger charge is 2.42. The highest BCUT2D eigenvalue weighted by molar-refractivity contribution is 6.03. The van der Waals surface area contributed by atoms with E-state index in [2.05, 4.69) is 144 Å². The van der Waals surface area contributed by atoms with Gasteiger partial charge in [-0.3, -0.25) is 0 Å². The van der Waals surface area contributed by atoms with Crippen molar-refractivity contribution < 1.29 is 9.53 Å². The van der Waals surface area contributed by atoms with Crippen LogP contribution in [0.5, 0.6) is 0 Å². The topological polar surface area (TPSA) is 74.8 Å². The Labute approximate surface area is 309 Å². The first-order chi connectivity index (χ1) is 26.1. The molecule has 7 nitrogen and oxygen atoms in total. The molecule has 0 aliphatic carbocycles. The third-order valence-electron chi connectivity index (χ3n) is 10.00. The average Bonchev–Trinajstić information content (AvgIpc) is 3.85. The van der Waals surface area contributed by atoms with Gasteiger partial charge in [0.2, 0.25) is 0 Å². The van der Waals surface area contributed by atoms with E-state index in [1.807, 2.05) is 48.0 Å². The van der Waals surface area contributed by atoms with Crippen molar-refractivity contribution in [1.29, 1.82) is 0 Å². The predicted molar refractivity (Wildman–Crippen MR) is 210 cm³/mol. The van der Waals surface area contributed by atoms with Crippen LogP contribution >= 0.6 is 0 Å². The second-order valence-electron chi connectivity index (χ2n) is 13.0. The van der Waals surface area contributed by atoms with Crippen LogP contribution in [0.2, 0.25) is 0 Å². The van der Waals surface area contributed by atoms with Crippen molar-refractivity contribution in [3.05, 3.63) is 197 Å². The van der Waals surface area contributed by atoms with Crippen LogP contribution < -0.4 is 0 Å². The summed E-state index contributed by atoms with van der Waals surface area (Å²) in [5.74, 6) is 0.351. The number of carbonyl (C=O) groups is 1. The fourth-order valence-corrected chi connectivity index (χ4v) is 7.62. The molecule has 0 amide bonds. The Bertz CT molecular complexity index is 2390. The number of hydrogen-bond acceptors (Lipinski definition) is 5. The predicted octanol–water partition coefficient (Wildman–Crippen LogP) is 9.59. The van der Waals surface area contributed by atoms with Gasteiger partial charge in [0.25, 0.3) is 0 Å². The van der Waals surface area contributed by atoms with E-state index in [9.17, 15) is 4.79 Å². The van der Waals surface area contributed by atoms with Gasteiger partial charge in [-0.2, -0.15) is 0 Å². The van der Waals surface area contributed by atoms with Crippen molar-refractivity contribution in [3.63, 3.8) is 0 Å². The monoisotopic (exact) mass is 693 g/mol. The van der Waals surface area contributed by atoms with Crippen molar-refractivity contribution in [1.82, 2.24) is 24.8 Å². The Morgan fingerprint density at radius 3 is 1.83 bits per heavy atom. The number of carbonyl (C=O) groups excluding carboxylic acids is 1. The summed E-state index contributed by atoms with van der Waals surface area (Å²) in [4.78, 5) is 13.0. The molecule has 0 unspecified atom stereocenters. The van der Waals surface area contributed by atoms with E-state index in [0.717, 1.165) is 62.0 Å². The van der Waals surface area contributed by atoms with Crippen molar-refractivity contribution in [3.8, 4) is 22.5 Å². The van der Waals surface area contributed by atoms with E-state index < -0.39 is 5.54 Å². The van der Waals surface area contributed by atoms with Gasteiger partial charge >= 0.3 is 5.97 Å². The molecule has 0 saturated carbocycles. The number of aromatic nitrogens is 5. The lowest BCUT2D eigenvalue weighted by Crippen LogP contribution is -2.39. The number of rotatable bonds is 11. The molecule has 6 aromatic carbocycles. The maximum absolute atomic E-state index is 13.0. The van der Waals surface area contributed by atoms with Crippen LogP contribution in [0.25, 0.3) is 33.4 Å². The highest BCUT2D eigenvalue weighted by Crippen LogP contribution is 2.43. The van der Waals surface area contributed by atoms with E-state index in [-0.39, 0.29) is 5.97 Å². The van der Waals surface area contributed by atoms with Crippen molar-refractivity contribution in [2.75, 3.05) is 6.61 Å². The highest BCUT2D eigenvalue weighted by atomic mass is 16.5. The summed E-state index contributed by atoms with van der Waals surface area (Å²) in [6.45, 7) is 4.93. The lowest BCUT2D eigenvalue weighted by atomic mass is 9.77. The number of para-hydroxylation sites is 1. The first-order valence-electron chi connectivity index (χ1n) is 18.1. The fraction of sp³-hybridized carbons (Fsp3) is 0.130. The van der Waals surface area contributed by atoms with Crippen molar-refractivity contribution >= 4 is 16.9 Å². The van der Waals surface area contributed by atoms with E-state index in [1.54, 1.807) is 0 Å². The van der Waals surface area contributed by atoms with Crippen molar-refractivity contribution in [2.24, 2.45) is 0 Å². The van der Waals surface area contributed by atoms with Gasteiger partial charge in [-0.25, -0.2) is 9.48 Å². The molecular formula is C46H39N5O2. The number of hydrogen-bond donors (Lipinski definition) is 0. The van der Waals surface area contributed by atoms with Gasteiger partial charge in [0.15, 0.2) is 5.82 Å². The molecule has 260 valence electrons. The minimum atomic E-state index is -0.863. The molecular weight excluding hydrogens is 655 g/mol. The minimum Gasteiger partial charge on any atom is -0.462 e. The molecule has 0 saturated heterocycles. The van der Waals surface area contributed by atoms with Gasteiger partial charge < -0.3 is 9.30 Å². The minimum absolute atomic E-state index is 0.301. The van der Waals surface area contributed by atoms with Crippen LogP contribution in [0.4, 0.5) is 0 Å². The molecule has 2 aromatic heterocycles. The lowest BCUT2D eigenvalue weighted by Gasteiger charge is -2.36. The Hall–Kier alpha value is -6.60. The van der Waals surface area contributed by atoms with Gasteiger partial charge in [-0.05, 0) is 69.3 Å². The van der Waals surface area contributed by atoms with E-state index in [4.69, 9.17) is 15.0 Å². The summed E-state index contributed by atoms with van der Waals surface area (Å²) in [5.41, 5.74) is 9.03. The molecule has 0 fully saturated rings. The van der Waals surface area contributed by atoms with Crippen LogP contribution in [0.3, 0.4) is 0 Å². The van der Waals surface area contributed by atoms with E-state index >= 15 is 0 Å². The summed E-state index contributed by atoms with van der Waals surface area (Å²) < 4.78 is 9.65. The summed E-state index contributed by atoms with van der Waals surface area (Å²) in [5, 5.41) is 14.9. The zero-order valence-electron chi connectivity index (χ0n) is 29.8. The SMILES string of the molecule is CCOC(=O)c1cccc2cc(CC)n(Cc3ccc(-c4ccccc4-c4nnnn4C(c4ccccc4)(c4ccccc4)c4ccccc4)cc3)c12. The lowest BCUT2D eigenvalue weighted by molar-refractivity contribution is 0.0528. The fourth-order valence-electron chi connectivity index (χ4n) is 7.62. The number of aryl methyl sites for hydroxylation is 1. The standard InChI is InChI=1S/C46H39N5O2/c1-3-39-31-35-17-16-26-42(45(52)53-4-2)43(35)50(39)32-33-27-29-34(30-28-33)40-24-14-15-25-41(40)44-47-48-49-51(44)46(36-18-8-5-9-19-36,37-20-10-6-11-21-37)38-22-12-7-13-23-38/h5-31H,3-4,32H2,1-2H3. The maximum Gasteiger partial charge on any atom is 0.340 e. The first-order valence-corrected chi connectivity index (χ1v) is 18.1. The van der Waals surface area contributed by atoms with Gasteiger partial charge in [-0.15, -0.1) is 5.10 Å². The van der Waals surface area contributed by atoms with Gasteiger partial charge in [0.05, 0.1) is 17.7 Å². The summed E-state index contributed by atoms with van der Waals surface area (Å²) in [6.07, 6.45) is 0.841. The first kappa shape index (κ1) is 33.5. The number of nitrogens with zero attached hydrogens (tertiary/aromatic N) is 5. The smallest absolute Gasteiger partial charge is 0.340 e. The molecule has 0 aliphatic rings. The molecule has 0 spiro atoms. The van der Waals surface area contributed by atoms with E-state index in [0.29, 0.717) is 24.5 Å². The Kier molecular flexibility index (Phi) is 9.21. The number of tetrazole rings is 1. The Morgan fingerprint density at radius 2 is 1.25 bits per heavy atom. The van der Waals surface area contributed by atoms with Crippen LogP contribution in [0.15, 0.2) is 164 Å². The molecule has 7 heteroatoms. The third-order valence-corrected chi connectivity index (χ3v) is 10.00. The molecule has 53 heavy (non-hydrogen) atoms. The van der Waals surface area contributed by atoms with Crippen LogP contribution in [0.1, 0.15) is 52.2 Å². The average molecular weight is 694 g/mol. The maximum atomic E-state index is 13.0. The van der Waals surface area contributed by atoms with Crippen LogP contribution in [-0.2, 0) is 23.2 Å². The zero-order valence-corrected chi connectivity index (χ0v) is 29.8. The second-order valence-corrected chi connectivity index (χ2v) is 13.0. The molecule has 2 heterocycles. The Morgan fingerprint density at radius 1 is 0.660 bits per heavy atom. The Balaban J connectivity index is 1.23. The molecule has 0 N–H and O–H groups in total. The number of fused-ring (bicyclic) bond motifs is 1. The van der Waals surface area contributed by atoms with Crippen LogP contribution in [0, 0.1) is 0 Å². The normalized spacial score (nSPS) is 11.5. The summed E-state index contributed by atoms with van der Waals surface area (Å²) in [7, 11) is 0. The third kappa shape index (κ3) is 6.00. The molecule has 0 aliphatic heterocycles. The van der Waals surface area contributed by atoms with Crippen molar-refractivity contribution in [2.45, 2.75) is 32.4 Å². The van der Waals surface area contributed by atoms with Gasteiger partial charge in [-0.1, -0.05) is 159 Å². The second kappa shape index (κ2) is 14.6. The molecule has 0 bridgehead atoms. The molecule has 0 atom stereocenters. The molecule has 0 radical (unpaired) electrons. The van der Waals surface area contributed by atoms with E-state index in [1.165, 1.54) is 0 Å². The zero-order chi connectivity index (χ0) is 36.2. The number of ether oxygens (including phenoxy) is 1. The van der Waals surface area contributed by atoms with Gasteiger partial charge in [0, 0.05) is 23.2 Å². The molecule has 8 rings (SSSR count). The molecule has 8 aromatic rings. The summed E-state index contributed by atoms with van der Waals surface area (Å²) >= 11 is 0. The number of benzene rings is 6.